The molecule has 0 unspecified atom stereocenters. The molecule has 0 aromatic carbocycles. The van der Waals surface area contributed by atoms with Gasteiger partial charge in [0.05, 0.1) is 6.07 Å². The van der Waals surface area contributed by atoms with Crippen LogP contribution in [0.1, 0.15) is 44.9 Å². The van der Waals surface area contributed by atoms with Gasteiger partial charge >= 0.3 is 0 Å². The second-order valence-electron chi connectivity index (χ2n) is 4.41. The van der Waals surface area contributed by atoms with Crippen molar-refractivity contribution in [3.63, 3.8) is 0 Å². The third-order valence-corrected chi connectivity index (χ3v) is 3.84. The summed E-state index contributed by atoms with van der Waals surface area (Å²) in [4.78, 5) is 0. The second kappa shape index (κ2) is 3.47. The Morgan fingerprint density at radius 2 is 1.58 bits per heavy atom. The lowest BCUT2D eigenvalue weighted by molar-refractivity contribution is 0.0963. The molecule has 2 aliphatic rings. The molecule has 2 aliphatic carbocycles. The number of hydrogen-bond donors (Lipinski definition) is 0. The van der Waals surface area contributed by atoms with E-state index in [0.717, 1.165) is 24.2 Å². The van der Waals surface area contributed by atoms with Gasteiger partial charge < -0.3 is 0 Å². The molecule has 0 aromatic heterocycles. The normalized spacial score (nSPS) is 24.7. The second-order valence-corrected chi connectivity index (χ2v) is 4.41. The fraction of sp³-hybridized carbons (Fsp3) is 0.909. The van der Waals surface area contributed by atoms with Crippen LogP contribution in [0.5, 0.6) is 0 Å². The van der Waals surface area contributed by atoms with Crippen molar-refractivity contribution < 1.29 is 0 Å². The molecule has 2 fully saturated rings. The minimum atomic E-state index is 0.775. The van der Waals surface area contributed by atoms with E-state index in [4.69, 9.17) is 5.26 Å². The predicted octanol–water partition coefficient (Wildman–Crippen LogP) is 3.12. The summed E-state index contributed by atoms with van der Waals surface area (Å²) in [6.07, 6.45) is 9.28. The summed E-state index contributed by atoms with van der Waals surface area (Å²) in [5.41, 5.74) is 0. The quantitative estimate of drug-likeness (QED) is 0.627. The Morgan fingerprint density at radius 3 is 1.83 bits per heavy atom. The summed E-state index contributed by atoms with van der Waals surface area (Å²) >= 11 is 0. The molecule has 0 amide bonds. The molecule has 2 rings (SSSR count). The first-order chi connectivity index (χ1) is 5.92. The molecule has 0 aliphatic heterocycles. The SMILES string of the molecule is N#CCC(C1CCC1)C1CCC1. The average Bonchev–Trinajstić information content (AvgIpc) is 1.79. The Balaban J connectivity index is 1.87. The summed E-state index contributed by atoms with van der Waals surface area (Å²) in [5.74, 6) is 2.63. The maximum absolute atomic E-state index is 8.72. The smallest absolute Gasteiger partial charge is 0.0624 e. The Kier molecular flexibility index (Phi) is 2.35. The molecule has 0 radical (unpaired) electrons. The van der Waals surface area contributed by atoms with E-state index in [0.29, 0.717) is 0 Å². The van der Waals surface area contributed by atoms with E-state index in [-0.39, 0.29) is 0 Å². The fourth-order valence-electron chi connectivity index (χ4n) is 2.56. The van der Waals surface area contributed by atoms with E-state index < -0.39 is 0 Å². The van der Waals surface area contributed by atoms with E-state index in [1.54, 1.807) is 0 Å². The lowest BCUT2D eigenvalue weighted by Crippen LogP contribution is -2.31. The van der Waals surface area contributed by atoms with Crippen LogP contribution in [-0.4, -0.2) is 0 Å². The van der Waals surface area contributed by atoms with Gasteiger partial charge in [-0.05, 0) is 17.8 Å². The van der Waals surface area contributed by atoms with Crippen molar-refractivity contribution in [2.24, 2.45) is 17.8 Å². The van der Waals surface area contributed by atoms with E-state index in [1.165, 1.54) is 38.5 Å². The summed E-state index contributed by atoms with van der Waals surface area (Å²) in [6.45, 7) is 0. The zero-order chi connectivity index (χ0) is 8.39. The summed E-state index contributed by atoms with van der Waals surface area (Å²) in [5, 5.41) is 8.72. The van der Waals surface area contributed by atoms with Crippen LogP contribution in [0.3, 0.4) is 0 Å². The van der Waals surface area contributed by atoms with Crippen LogP contribution < -0.4 is 0 Å². The van der Waals surface area contributed by atoms with Crippen molar-refractivity contribution in [2.75, 3.05) is 0 Å². The van der Waals surface area contributed by atoms with Crippen molar-refractivity contribution in [2.45, 2.75) is 44.9 Å². The van der Waals surface area contributed by atoms with Crippen LogP contribution >= 0.6 is 0 Å². The van der Waals surface area contributed by atoms with E-state index in [9.17, 15) is 0 Å². The van der Waals surface area contributed by atoms with Crippen LogP contribution in [0.25, 0.3) is 0 Å². The third-order valence-electron chi connectivity index (χ3n) is 3.84. The van der Waals surface area contributed by atoms with Crippen molar-refractivity contribution in [3.05, 3.63) is 0 Å². The van der Waals surface area contributed by atoms with Crippen LogP contribution in [-0.2, 0) is 0 Å². The van der Waals surface area contributed by atoms with Crippen LogP contribution in [0, 0.1) is 29.1 Å². The highest BCUT2D eigenvalue weighted by atomic mass is 14.4. The minimum absolute atomic E-state index is 0.775. The van der Waals surface area contributed by atoms with Gasteiger partial charge in [-0.1, -0.05) is 38.5 Å². The van der Waals surface area contributed by atoms with E-state index >= 15 is 0 Å². The Labute approximate surface area is 74.8 Å². The maximum Gasteiger partial charge on any atom is 0.0624 e. The minimum Gasteiger partial charge on any atom is -0.198 e. The van der Waals surface area contributed by atoms with Gasteiger partial charge in [-0.15, -0.1) is 0 Å². The van der Waals surface area contributed by atoms with Gasteiger partial charge in [0.1, 0.15) is 0 Å². The topological polar surface area (TPSA) is 23.8 Å². The largest absolute Gasteiger partial charge is 0.198 e. The highest BCUT2D eigenvalue weighted by molar-refractivity contribution is 4.91. The summed E-state index contributed by atoms with van der Waals surface area (Å²) < 4.78 is 0. The molecular weight excluding hydrogens is 146 g/mol. The monoisotopic (exact) mass is 163 g/mol. The van der Waals surface area contributed by atoms with Gasteiger partial charge in [0.2, 0.25) is 0 Å². The molecule has 0 N–H and O–H groups in total. The molecule has 0 spiro atoms. The van der Waals surface area contributed by atoms with Gasteiger partial charge in [-0.25, -0.2) is 0 Å². The van der Waals surface area contributed by atoms with Crippen LogP contribution in [0.15, 0.2) is 0 Å². The van der Waals surface area contributed by atoms with Gasteiger partial charge in [-0.3, -0.25) is 0 Å². The molecule has 2 saturated carbocycles. The third kappa shape index (κ3) is 1.35. The molecule has 0 atom stereocenters. The van der Waals surface area contributed by atoms with Crippen LogP contribution in [0.4, 0.5) is 0 Å². The van der Waals surface area contributed by atoms with Crippen molar-refractivity contribution in [3.8, 4) is 6.07 Å². The molecule has 0 bridgehead atoms. The molecule has 1 nitrogen and oxygen atoms in total. The lowest BCUT2D eigenvalue weighted by atomic mass is 9.64. The molecule has 0 heterocycles. The van der Waals surface area contributed by atoms with Crippen molar-refractivity contribution in [1.82, 2.24) is 0 Å². The van der Waals surface area contributed by atoms with Crippen LogP contribution in [0.2, 0.25) is 0 Å². The fourth-order valence-corrected chi connectivity index (χ4v) is 2.56. The molecule has 1 heteroatoms. The standard InChI is InChI=1S/C11H17N/c12-8-7-11(9-3-1-4-9)10-5-2-6-10/h9-11H,1-7H2. The molecule has 66 valence electrons. The number of rotatable bonds is 3. The van der Waals surface area contributed by atoms with E-state index in [1.807, 2.05) is 0 Å². The molecular formula is C11H17N. The Hall–Kier alpha value is -0.510. The summed E-state index contributed by atoms with van der Waals surface area (Å²) in [6, 6.07) is 2.37. The zero-order valence-electron chi connectivity index (χ0n) is 7.63. The Bertz CT molecular complexity index is 170. The van der Waals surface area contributed by atoms with Gasteiger partial charge in [0.15, 0.2) is 0 Å². The maximum atomic E-state index is 8.72. The number of nitrogens with zero attached hydrogens (tertiary/aromatic N) is 1. The molecule has 12 heavy (non-hydrogen) atoms. The Morgan fingerprint density at radius 1 is 1.08 bits per heavy atom. The van der Waals surface area contributed by atoms with Crippen molar-refractivity contribution in [1.29, 1.82) is 5.26 Å². The zero-order valence-corrected chi connectivity index (χ0v) is 7.63. The first kappa shape index (κ1) is 8.10. The first-order valence-electron chi connectivity index (χ1n) is 5.29. The van der Waals surface area contributed by atoms with Crippen molar-refractivity contribution >= 4 is 0 Å². The average molecular weight is 163 g/mol. The summed E-state index contributed by atoms with van der Waals surface area (Å²) in [7, 11) is 0. The highest BCUT2D eigenvalue weighted by Crippen LogP contribution is 2.45. The predicted molar refractivity (Wildman–Crippen MR) is 48.4 cm³/mol. The van der Waals surface area contributed by atoms with Gasteiger partial charge in [-0.2, -0.15) is 5.26 Å². The molecule has 0 saturated heterocycles. The lowest BCUT2D eigenvalue weighted by Gasteiger charge is -2.41. The first-order valence-corrected chi connectivity index (χ1v) is 5.29. The molecule has 0 aromatic rings. The highest BCUT2D eigenvalue weighted by Gasteiger charge is 2.35. The number of nitriles is 1. The van der Waals surface area contributed by atoms with Gasteiger partial charge in [0, 0.05) is 6.42 Å². The number of hydrogen-bond acceptors (Lipinski definition) is 1. The van der Waals surface area contributed by atoms with Gasteiger partial charge in [0.25, 0.3) is 0 Å². The van der Waals surface area contributed by atoms with E-state index in [2.05, 4.69) is 6.07 Å².